The van der Waals surface area contributed by atoms with Crippen LogP contribution in [0.4, 0.5) is 4.39 Å². The molecule has 2 heterocycles. The van der Waals surface area contributed by atoms with Gasteiger partial charge in [0.1, 0.15) is 11.6 Å². The van der Waals surface area contributed by atoms with Gasteiger partial charge in [0.05, 0.1) is 11.3 Å². The van der Waals surface area contributed by atoms with Gasteiger partial charge in [0.2, 0.25) is 5.91 Å². The number of hydrogen-bond acceptors (Lipinski definition) is 4. The van der Waals surface area contributed by atoms with E-state index < -0.39 is 0 Å². The van der Waals surface area contributed by atoms with Gasteiger partial charge in [-0.3, -0.25) is 9.59 Å². The molecule has 1 N–H and O–H groups in total. The molecule has 6 nitrogen and oxygen atoms in total. The molecule has 2 aromatic rings. The molecule has 32 heavy (non-hydrogen) atoms. The van der Waals surface area contributed by atoms with Crippen LogP contribution in [0.5, 0.6) is 0 Å². The van der Waals surface area contributed by atoms with E-state index in [9.17, 15) is 14.0 Å². The zero-order chi connectivity index (χ0) is 22.5. The number of piperidine rings is 1. The molecule has 1 atom stereocenters. The molecule has 0 spiro atoms. The standard InChI is InChI=1S/C25H31FN4O2/c1-17-22(24(31)28-14-18-9-11-21(26)12-10-18)15-27-23(29-17)20-8-5-13-30(16-20)25(32)19-6-3-2-4-7-19/h9-12,15,19-20H,2-8,13-14,16H2,1H3,(H,28,31)/t20-/m0/s1. The Balaban J connectivity index is 1.38. The lowest BCUT2D eigenvalue weighted by Crippen LogP contribution is -2.43. The number of nitrogens with one attached hydrogen (secondary N) is 1. The Morgan fingerprint density at radius 2 is 1.84 bits per heavy atom. The molecule has 4 rings (SSSR count). The molecular formula is C25H31FN4O2. The Morgan fingerprint density at radius 3 is 2.56 bits per heavy atom. The van der Waals surface area contributed by atoms with E-state index in [0.717, 1.165) is 50.6 Å². The topological polar surface area (TPSA) is 75.2 Å². The van der Waals surface area contributed by atoms with Crippen LogP contribution in [0.25, 0.3) is 0 Å². The summed E-state index contributed by atoms with van der Waals surface area (Å²) in [6, 6.07) is 6.03. The maximum Gasteiger partial charge on any atom is 0.254 e. The minimum absolute atomic E-state index is 0.103. The molecule has 1 saturated carbocycles. The average molecular weight is 439 g/mol. The number of amides is 2. The van der Waals surface area contributed by atoms with Crippen LogP contribution in [0.1, 0.15) is 78.3 Å². The Bertz CT molecular complexity index is 957. The Morgan fingerprint density at radius 1 is 1.09 bits per heavy atom. The van der Waals surface area contributed by atoms with Crippen LogP contribution in [0.3, 0.4) is 0 Å². The van der Waals surface area contributed by atoms with E-state index in [-0.39, 0.29) is 23.6 Å². The van der Waals surface area contributed by atoms with E-state index in [1.165, 1.54) is 18.6 Å². The van der Waals surface area contributed by atoms with Gasteiger partial charge in [-0.25, -0.2) is 14.4 Å². The predicted octanol–water partition coefficient (Wildman–Crippen LogP) is 4.14. The Labute approximate surface area is 188 Å². The van der Waals surface area contributed by atoms with Crippen molar-refractivity contribution in [3.8, 4) is 0 Å². The number of aromatic nitrogens is 2. The molecule has 2 aliphatic rings. The fourth-order valence-electron chi connectivity index (χ4n) is 4.78. The monoisotopic (exact) mass is 438 g/mol. The number of carbonyl (C=O) groups is 2. The molecule has 0 bridgehead atoms. The second-order valence-corrected chi connectivity index (χ2v) is 8.99. The van der Waals surface area contributed by atoms with Crippen molar-refractivity contribution in [2.75, 3.05) is 13.1 Å². The van der Waals surface area contributed by atoms with Gasteiger partial charge in [-0.2, -0.15) is 0 Å². The highest BCUT2D eigenvalue weighted by atomic mass is 19.1. The summed E-state index contributed by atoms with van der Waals surface area (Å²) in [4.78, 5) is 36.7. The lowest BCUT2D eigenvalue weighted by atomic mass is 9.87. The fourth-order valence-corrected chi connectivity index (χ4v) is 4.78. The molecule has 170 valence electrons. The van der Waals surface area contributed by atoms with Gasteiger partial charge >= 0.3 is 0 Å². The van der Waals surface area contributed by atoms with Crippen LogP contribution in [0, 0.1) is 18.7 Å². The number of rotatable bonds is 5. The van der Waals surface area contributed by atoms with E-state index in [1.54, 1.807) is 18.3 Å². The van der Waals surface area contributed by atoms with E-state index in [4.69, 9.17) is 0 Å². The summed E-state index contributed by atoms with van der Waals surface area (Å²) in [7, 11) is 0. The summed E-state index contributed by atoms with van der Waals surface area (Å²) in [5, 5.41) is 2.84. The first-order valence-electron chi connectivity index (χ1n) is 11.7. The number of benzene rings is 1. The maximum absolute atomic E-state index is 13.0. The van der Waals surface area contributed by atoms with E-state index >= 15 is 0 Å². The molecule has 1 saturated heterocycles. The molecule has 2 fully saturated rings. The van der Waals surface area contributed by atoms with Gasteiger partial charge in [0.25, 0.3) is 5.91 Å². The molecule has 1 aliphatic carbocycles. The van der Waals surface area contributed by atoms with Crippen molar-refractivity contribution in [1.29, 1.82) is 0 Å². The second-order valence-electron chi connectivity index (χ2n) is 8.99. The summed E-state index contributed by atoms with van der Waals surface area (Å²) >= 11 is 0. The predicted molar refractivity (Wildman–Crippen MR) is 119 cm³/mol. The minimum Gasteiger partial charge on any atom is -0.348 e. The van der Waals surface area contributed by atoms with E-state index in [1.807, 2.05) is 11.8 Å². The number of likely N-dealkylation sites (tertiary alicyclic amines) is 1. The van der Waals surface area contributed by atoms with Crippen molar-refractivity contribution >= 4 is 11.8 Å². The Kier molecular flexibility index (Phi) is 7.12. The summed E-state index contributed by atoms with van der Waals surface area (Å²) < 4.78 is 13.0. The highest BCUT2D eigenvalue weighted by molar-refractivity contribution is 5.94. The van der Waals surface area contributed by atoms with Crippen LogP contribution in [0.2, 0.25) is 0 Å². The zero-order valence-corrected chi connectivity index (χ0v) is 18.6. The van der Waals surface area contributed by atoms with Crippen molar-refractivity contribution < 1.29 is 14.0 Å². The normalized spacial score (nSPS) is 19.6. The van der Waals surface area contributed by atoms with Gasteiger partial charge in [0, 0.05) is 37.7 Å². The minimum atomic E-state index is -0.304. The summed E-state index contributed by atoms with van der Waals surface area (Å²) in [5.74, 6) is 0.725. The van der Waals surface area contributed by atoms with Crippen LogP contribution in [-0.2, 0) is 11.3 Å². The molecule has 7 heteroatoms. The van der Waals surface area contributed by atoms with Crippen LogP contribution < -0.4 is 5.32 Å². The number of halogens is 1. The SMILES string of the molecule is Cc1nc([C@H]2CCCN(C(=O)C3CCCCC3)C2)ncc1C(=O)NCc1ccc(F)cc1. The number of hydrogen-bond donors (Lipinski definition) is 1. The lowest BCUT2D eigenvalue weighted by molar-refractivity contribution is -0.137. The first-order chi connectivity index (χ1) is 15.5. The number of nitrogens with zero attached hydrogens (tertiary/aromatic N) is 3. The van der Waals surface area contributed by atoms with Gasteiger partial charge in [-0.05, 0) is 50.3 Å². The third-order valence-corrected chi connectivity index (χ3v) is 6.66. The van der Waals surface area contributed by atoms with Gasteiger partial charge < -0.3 is 10.2 Å². The largest absolute Gasteiger partial charge is 0.348 e. The molecule has 0 radical (unpaired) electrons. The highest BCUT2D eigenvalue weighted by Gasteiger charge is 2.31. The first kappa shape index (κ1) is 22.4. The number of aryl methyl sites for hydroxylation is 1. The molecule has 0 unspecified atom stereocenters. The number of carbonyl (C=O) groups excluding carboxylic acids is 2. The van der Waals surface area contributed by atoms with Crippen LogP contribution in [0.15, 0.2) is 30.5 Å². The van der Waals surface area contributed by atoms with Gasteiger partial charge in [0.15, 0.2) is 0 Å². The van der Waals surface area contributed by atoms with Crippen LogP contribution in [-0.4, -0.2) is 39.8 Å². The van der Waals surface area contributed by atoms with Crippen LogP contribution >= 0.6 is 0 Å². The fraction of sp³-hybridized carbons (Fsp3) is 0.520. The van der Waals surface area contributed by atoms with Crippen molar-refractivity contribution in [3.05, 3.63) is 58.9 Å². The van der Waals surface area contributed by atoms with E-state index in [2.05, 4.69) is 15.3 Å². The molecular weight excluding hydrogens is 407 g/mol. The molecule has 2 amide bonds. The van der Waals surface area contributed by atoms with Gasteiger partial charge in [-0.1, -0.05) is 31.4 Å². The van der Waals surface area contributed by atoms with Crippen molar-refractivity contribution in [2.24, 2.45) is 5.92 Å². The van der Waals surface area contributed by atoms with Crippen molar-refractivity contribution in [3.63, 3.8) is 0 Å². The molecule has 1 aromatic carbocycles. The molecule has 1 aliphatic heterocycles. The molecule has 1 aromatic heterocycles. The van der Waals surface area contributed by atoms with Crippen molar-refractivity contribution in [2.45, 2.75) is 64.3 Å². The average Bonchev–Trinajstić information content (AvgIpc) is 2.83. The summed E-state index contributed by atoms with van der Waals surface area (Å²) in [5.41, 5.74) is 1.88. The lowest BCUT2D eigenvalue weighted by Gasteiger charge is -2.35. The quantitative estimate of drug-likeness (QED) is 0.761. The third-order valence-electron chi connectivity index (χ3n) is 6.66. The smallest absolute Gasteiger partial charge is 0.254 e. The highest BCUT2D eigenvalue weighted by Crippen LogP contribution is 2.30. The van der Waals surface area contributed by atoms with E-state index in [0.29, 0.717) is 36.1 Å². The van der Waals surface area contributed by atoms with Crippen molar-refractivity contribution in [1.82, 2.24) is 20.2 Å². The second kappa shape index (κ2) is 10.2. The zero-order valence-electron chi connectivity index (χ0n) is 18.6. The van der Waals surface area contributed by atoms with Gasteiger partial charge in [-0.15, -0.1) is 0 Å². The Hall–Kier alpha value is -2.83. The first-order valence-corrected chi connectivity index (χ1v) is 11.7. The third kappa shape index (κ3) is 5.31. The summed E-state index contributed by atoms with van der Waals surface area (Å²) in [6.45, 7) is 3.59. The summed E-state index contributed by atoms with van der Waals surface area (Å²) in [6.07, 6.45) is 9.05. The maximum atomic E-state index is 13.0.